The van der Waals surface area contributed by atoms with E-state index in [0.717, 1.165) is 42.0 Å². The fourth-order valence-electron chi connectivity index (χ4n) is 3.57. The number of carbonyl (C=O) groups excluding carboxylic acids is 1. The summed E-state index contributed by atoms with van der Waals surface area (Å²) in [5.41, 5.74) is 2.01. The van der Waals surface area contributed by atoms with E-state index in [4.69, 9.17) is 9.47 Å². The number of hydrogen-bond acceptors (Lipinski definition) is 4. The van der Waals surface area contributed by atoms with Gasteiger partial charge in [0, 0.05) is 6.54 Å². The molecule has 0 radical (unpaired) electrons. The molecule has 2 aliphatic heterocycles. The zero-order valence-corrected chi connectivity index (χ0v) is 14.0. The van der Waals surface area contributed by atoms with Crippen LogP contribution in [-0.2, 0) is 11.2 Å². The maximum atomic E-state index is 12.8. The van der Waals surface area contributed by atoms with E-state index in [0.29, 0.717) is 19.6 Å². The number of likely N-dealkylation sites (tertiary alicyclic amines) is 1. The number of phenolic OH excluding ortho intramolecular Hbond substituents is 1. The average molecular weight is 339 g/mol. The summed E-state index contributed by atoms with van der Waals surface area (Å²) < 4.78 is 11.3. The minimum Gasteiger partial charge on any atom is -0.508 e. The molecule has 5 nitrogen and oxygen atoms in total. The van der Waals surface area contributed by atoms with Crippen molar-refractivity contribution in [2.45, 2.75) is 25.3 Å². The first-order valence-electron chi connectivity index (χ1n) is 8.67. The molecule has 2 aromatic rings. The minimum atomic E-state index is 0.0837. The van der Waals surface area contributed by atoms with Crippen LogP contribution in [-0.4, -0.2) is 35.7 Å². The van der Waals surface area contributed by atoms with Crippen LogP contribution in [0.15, 0.2) is 42.5 Å². The van der Waals surface area contributed by atoms with Gasteiger partial charge in [-0.05, 0) is 48.2 Å². The van der Waals surface area contributed by atoms with Gasteiger partial charge in [0.05, 0.1) is 12.5 Å². The largest absolute Gasteiger partial charge is 0.508 e. The lowest BCUT2D eigenvalue weighted by molar-refractivity contribution is -0.131. The molecule has 25 heavy (non-hydrogen) atoms. The standard InChI is InChI=1S/C20H21NO4/c22-16-6-3-14(4-7-16)12-20(23)21-9-1-2-17(21)15-5-8-18-19(13-15)25-11-10-24-18/h3-8,13,17,22H,1-2,9-12H2. The van der Waals surface area contributed by atoms with Crippen molar-refractivity contribution in [3.8, 4) is 17.2 Å². The summed E-state index contributed by atoms with van der Waals surface area (Å²) in [6.07, 6.45) is 2.31. The SMILES string of the molecule is O=C(Cc1ccc(O)cc1)N1CCCC1c1ccc2c(c1)OCCO2. The zero-order valence-electron chi connectivity index (χ0n) is 14.0. The number of amides is 1. The van der Waals surface area contributed by atoms with Crippen LogP contribution in [0, 0.1) is 0 Å². The van der Waals surface area contributed by atoms with Crippen LogP contribution >= 0.6 is 0 Å². The number of fused-ring (bicyclic) bond motifs is 1. The first-order valence-corrected chi connectivity index (χ1v) is 8.67. The molecule has 0 saturated carbocycles. The lowest BCUT2D eigenvalue weighted by Gasteiger charge is -2.27. The Labute approximate surface area is 146 Å². The van der Waals surface area contributed by atoms with Crippen molar-refractivity contribution in [2.24, 2.45) is 0 Å². The Balaban J connectivity index is 1.51. The number of ether oxygens (including phenoxy) is 2. The lowest BCUT2D eigenvalue weighted by Crippen LogP contribution is -2.31. The molecule has 1 fully saturated rings. The van der Waals surface area contributed by atoms with Crippen molar-refractivity contribution < 1.29 is 19.4 Å². The van der Waals surface area contributed by atoms with Crippen molar-refractivity contribution in [1.29, 1.82) is 0 Å². The molecule has 1 saturated heterocycles. The van der Waals surface area contributed by atoms with Crippen LogP contribution in [0.1, 0.15) is 30.0 Å². The second-order valence-electron chi connectivity index (χ2n) is 6.49. The Hall–Kier alpha value is -2.69. The molecule has 2 heterocycles. The Morgan fingerprint density at radius 1 is 1.08 bits per heavy atom. The Morgan fingerprint density at radius 2 is 1.84 bits per heavy atom. The van der Waals surface area contributed by atoms with Gasteiger partial charge in [0.15, 0.2) is 11.5 Å². The fourth-order valence-corrected chi connectivity index (χ4v) is 3.57. The molecule has 1 amide bonds. The first kappa shape index (κ1) is 15.8. The molecule has 4 rings (SSSR count). The second kappa shape index (κ2) is 6.67. The highest BCUT2D eigenvalue weighted by Gasteiger charge is 2.30. The summed E-state index contributed by atoms with van der Waals surface area (Å²) in [4.78, 5) is 14.7. The zero-order chi connectivity index (χ0) is 17.2. The Kier molecular flexibility index (Phi) is 4.22. The van der Waals surface area contributed by atoms with Crippen LogP contribution in [0.3, 0.4) is 0 Å². The molecule has 130 valence electrons. The van der Waals surface area contributed by atoms with Crippen molar-refractivity contribution in [1.82, 2.24) is 4.90 Å². The van der Waals surface area contributed by atoms with E-state index in [2.05, 4.69) is 0 Å². The quantitative estimate of drug-likeness (QED) is 0.934. The van der Waals surface area contributed by atoms with Gasteiger partial charge in [-0.15, -0.1) is 0 Å². The maximum absolute atomic E-state index is 12.8. The fraction of sp³-hybridized carbons (Fsp3) is 0.350. The van der Waals surface area contributed by atoms with E-state index in [1.807, 2.05) is 23.1 Å². The summed E-state index contributed by atoms with van der Waals surface area (Å²) in [6.45, 7) is 1.91. The van der Waals surface area contributed by atoms with Crippen LogP contribution < -0.4 is 9.47 Å². The van der Waals surface area contributed by atoms with Gasteiger partial charge in [-0.25, -0.2) is 0 Å². The number of benzene rings is 2. The summed E-state index contributed by atoms with van der Waals surface area (Å²) in [5, 5.41) is 9.37. The molecule has 5 heteroatoms. The predicted molar refractivity (Wildman–Crippen MR) is 92.9 cm³/mol. The molecule has 1 atom stereocenters. The first-order chi connectivity index (χ1) is 12.2. The Bertz CT molecular complexity index is 772. The van der Waals surface area contributed by atoms with Gasteiger partial charge in [0.2, 0.25) is 5.91 Å². The van der Waals surface area contributed by atoms with Crippen molar-refractivity contribution in [3.63, 3.8) is 0 Å². The average Bonchev–Trinajstić information content (AvgIpc) is 3.13. The summed E-state index contributed by atoms with van der Waals surface area (Å²) in [6, 6.07) is 12.9. The van der Waals surface area contributed by atoms with Crippen molar-refractivity contribution in [3.05, 3.63) is 53.6 Å². The van der Waals surface area contributed by atoms with Gasteiger partial charge < -0.3 is 19.5 Å². The highest BCUT2D eigenvalue weighted by atomic mass is 16.6. The third-order valence-corrected chi connectivity index (χ3v) is 4.82. The van der Waals surface area contributed by atoms with Gasteiger partial charge in [0.25, 0.3) is 0 Å². The number of phenols is 1. The van der Waals surface area contributed by atoms with Gasteiger partial charge in [-0.1, -0.05) is 18.2 Å². The summed E-state index contributed by atoms with van der Waals surface area (Å²) in [5.74, 6) is 1.87. The van der Waals surface area contributed by atoms with Crippen molar-refractivity contribution >= 4 is 5.91 Å². The van der Waals surface area contributed by atoms with Crippen LogP contribution in [0.2, 0.25) is 0 Å². The number of aromatic hydroxyl groups is 1. The molecule has 2 aliphatic rings. The smallest absolute Gasteiger partial charge is 0.227 e. The second-order valence-corrected chi connectivity index (χ2v) is 6.49. The van der Waals surface area contributed by atoms with Crippen molar-refractivity contribution in [2.75, 3.05) is 19.8 Å². The molecular weight excluding hydrogens is 318 g/mol. The molecule has 0 aromatic heterocycles. The molecule has 0 bridgehead atoms. The number of hydrogen-bond donors (Lipinski definition) is 1. The van der Waals surface area contributed by atoms with Crippen LogP contribution in [0.5, 0.6) is 17.2 Å². The topological polar surface area (TPSA) is 59.0 Å². The highest BCUT2D eigenvalue weighted by molar-refractivity contribution is 5.79. The number of nitrogens with zero attached hydrogens (tertiary/aromatic N) is 1. The van der Waals surface area contributed by atoms with E-state index in [1.165, 1.54) is 0 Å². The van der Waals surface area contributed by atoms with E-state index in [-0.39, 0.29) is 17.7 Å². The van der Waals surface area contributed by atoms with Gasteiger partial charge in [-0.2, -0.15) is 0 Å². The third-order valence-electron chi connectivity index (χ3n) is 4.82. The lowest BCUT2D eigenvalue weighted by atomic mass is 10.0. The van der Waals surface area contributed by atoms with E-state index >= 15 is 0 Å². The molecular formula is C20H21NO4. The normalized spacial score (nSPS) is 19.0. The molecule has 2 aromatic carbocycles. The number of rotatable bonds is 3. The highest BCUT2D eigenvalue weighted by Crippen LogP contribution is 2.38. The third kappa shape index (κ3) is 3.27. The van der Waals surface area contributed by atoms with Crippen LogP contribution in [0.25, 0.3) is 0 Å². The van der Waals surface area contributed by atoms with Gasteiger partial charge >= 0.3 is 0 Å². The monoisotopic (exact) mass is 339 g/mol. The molecule has 0 spiro atoms. The van der Waals surface area contributed by atoms with Gasteiger partial charge in [0.1, 0.15) is 19.0 Å². The predicted octanol–water partition coefficient (Wildman–Crippen LogP) is 3.07. The number of carbonyl (C=O) groups is 1. The van der Waals surface area contributed by atoms with E-state index < -0.39 is 0 Å². The molecule has 1 unspecified atom stereocenters. The maximum Gasteiger partial charge on any atom is 0.227 e. The molecule has 1 N–H and O–H groups in total. The van der Waals surface area contributed by atoms with E-state index in [1.54, 1.807) is 24.3 Å². The summed E-state index contributed by atoms with van der Waals surface area (Å²) >= 11 is 0. The Morgan fingerprint density at radius 3 is 2.64 bits per heavy atom. The minimum absolute atomic E-state index is 0.0837. The summed E-state index contributed by atoms with van der Waals surface area (Å²) in [7, 11) is 0. The van der Waals surface area contributed by atoms with Crippen LogP contribution in [0.4, 0.5) is 0 Å². The molecule has 0 aliphatic carbocycles. The van der Waals surface area contributed by atoms with Gasteiger partial charge in [-0.3, -0.25) is 4.79 Å². The van der Waals surface area contributed by atoms with E-state index in [9.17, 15) is 9.90 Å².